The highest BCUT2D eigenvalue weighted by Gasteiger charge is 2.68. The van der Waals surface area contributed by atoms with Crippen molar-refractivity contribution < 1.29 is 114 Å². The molecule has 0 aromatic heterocycles. The number of fused-ring (bicyclic) bond motifs is 7. The minimum absolute atomic E-state index is 0.0600. The molecule has 23 heteroatoms. The second kappa shape index (κ2) is 21.7. The van der Waals surface area contributed by atoms with E-state index in [0.717, 1.165) is 32.1 Å². The van der Waals surface area contributed by atoms with E-state index in [9.17, 15) is 71.5 Å². The van der Waals surface area contributed by atoms with Crippen molar-refractivity contribution in [3.8, 4) is 0 Å². The Labute approximate surface area is 430 Å². The van der Waals surface area contributed by atoms with Crippen LogP contribution in [0.3, 0.4) is 0 Å². The van der Waals surface area contributed by atoms with Crippen LogP contribution in [0.25, 0.3) is 0 Å². The predicted molar refractivity (Wildman–Crippen MR) is 250 cm³/mol. The molecule has 31 atom stereocenters. The lowest BCUT2D eigenvalue weighted by Gasteiger charge is -2.58. The SMILES string of the molecule is C[C@@H]1O[C@@H](O[C@H]2[C@H](O[C@H]3CC[C@@]4(C)C(=CC[C@H]5[C@@H]6C[C@@H]7O[C@](O)(CCC(C)(O)CO[C@@H]8O[C@H](CO)[C@@H](O)[C@H](O)[C@H]8O)[C@@H](C)[C@@H]7[C@@]6(C)CC[C@@H]54)C3)O[C@H](CO)[C@@H](O[C@@H]3O[C@@H](C)[C@H](O)[C@@H](O)[C@H]3O)[C@@H]2O)[C@H](O)[C@H](O)[C@H]1O. The van der Waals surface area contributed by atoms with Crippen LogP contribution in [0.15, 0.2) is 11.6 Å². The van der Waals surface area contributed by atoms with E-state index in [1.165, 1.54) is 26.3 Å². The molecule has 0 aromatic carbocycles. The summed E-state index contributed by atoms with van der Waals surface area (Å²) < 4.78 is 54.3. The second-order valence-corrected chi connectivity index (χ2v) is 24.1. The third-order valence-electron chi connectivity index (χ3n) is 19.5. The van der Waals surface area contributed by atoms with Gasteiger partial charge in [-0.1, -0.05) is 32.4 Å². The van der Waals surface area contributed by atoms with Crippen molar-refractivity contribution in [1.82, 2.24) is 0 Å². The summed E-state index contributed by atoms with van der Waals surface area (Å²) in [6.07, 6.45) is -22.3. The Balaban J connectivity index is 0.852. The lowest BCUT2D eigenvalue weighted by molar-refractivity contribution is -0.388. The summed E-state index contributed by atoms with van der Waals surface area (Å²) in [6.45, 7) is 9.53. The molecule has 426 valence electrons. The molecular formula is C51H84O23. The molecule has 8 fully saturated rings. The van der Waals surface area contributed by atoms with Gasteiger partial charge < -0.3 is 114 Å². The summed E-state index contributed by atoms with van der Waals surface area (Å²) in [5.74, 6) is -0.699. The van der Waals surface area contributed by atoms with Gasteiger partial charge in [-0.15, -0.1) is 0 Å². The number of aliphatic hydroxyl groups excluding tert-OH is 12. The summed E-state index contributed by atoms with van der Waals surface area (Å²) >= 11 is 0. The first-order valence-corrected chi connectivity index (χ1v) is 26.8. The van der Waals surface area contributed by atoms with Crippen molar-refractivity contribution in [2.75, 3.05) is 19.8 Å². The van der Waals surface area contributed by atoms with Gasteiger partial charge in [0.05, 0.1) is 49.8 Å². The number of ether oxygens (including phenoxy) is 9. The van der Waals surface area contributed by atoms with Crippen LogP contribution in [-0.2, 0) is 42.6 Å². The third kappa shape index (κ3) is 10.2. The highest BCUT2D eigenvalue weighted by molar-refractivity contribution is 5.26. The fourth-order valence-corrected chi connectivity index (χ4v) is 14.9. The lowest BCUT2D eigenvalue weighted by Crippen LogP contribution is -2.66. The average molecular weight is 1070 g/mol. The number of rotatable bonds is 14. The van der Waals surface area contributed by atoms with Gasteiger partial charge in [-0.25, -0.2) is 0 Å². The van der Waals surface area contributed by atoms with Crippen LogP contribution < -0.4 is 0 Å². The Morgan fingerprint density at radius 3 is 1.85 bits per heavy atom. The topological polar surface area (TPSA) is 366 Å². The molecule has 0 aromatic rings. The monoisotopic (exact) mass is 1060 g/mol. The van der Waals surface area contributed by atoms with Gasteiger partial charge in [-0.05, 0) is 107 Å². The molecule has 0 amide bonds. The van der Waals surface area contributed by atoms with Crippen LogP contribution in [0.1, 0.15) is 99.3 Å². The quantitative estimate of drug-likeness (QED) is 0.0778. The highest BCUT2D eigenvalue weighted by atomic mass is 16.8. The molecule has 3 saturated carbocycles. The third-order valence-corrected chi connectivity index (χ3v) is 19.5. The van der Waals surface area contributed by atoms with E-state index in [-0.39, 0.29) is 48.2 Å². The number of hydrogen-bond acceptors (Lipinski definition) is 23. The molecule has 4 aliphatic carbocycles. The normalized spacial score (nSPS) is 55.4. The molecule has 14 N–H and O–H groups in total. The zero-order chi connectivity index (χ0) is 53.7. The van der Waals surface area contributed by atoms with Gasteiger partial charge in [0, 0.05) is 12.3 Å². The molecule has 5 heterocycles. The van der Waals surface area contributed by atoms with E-state index >= 15 is 0 Å². The minimum atomic E-state index is -1.76. The molecule has 5 aliphatic heterocycles. The van der Waals surface area contributed by atoms with E-state index in [2.05, 4.69) is 19.9 Å². The summed E-state index contributed by atoms with van der Waals surface area (Å²) in [5, 5.41) is 150. The first-order valence-electron chi connectivity index (χ1n) is 26.8. The molecule has 74 heavy (non-hydrogen) atoms. The van der Waals surface area contributed by atoms with Gasteiger partial charge in [-0.2, -0.15) is 0 Å². The van der Waals surface area contributed by atoms with Gasteiger partial charge in [0.1, 0.15) is 85.5 Å². The number of allylic oxidation sites excluding steroid dienone is 1. The van der Waals surface area contributed by atoms with Crippen molar-refractivity contribution in [3.63, 3.8) is 0 Å². The number of aliphatic hydroxyl groups is 14. The Morgan fingerprint density at radius 2 is 1.23 bits per heavy atom. The maximum atomic E-state index is 12.1. The van der Waals surface area contributed by atoms with Crippen LogP contribution in [0.5, 0.6) is 0 Å². The summed E-state index contributed by atoms with van der Waals surface area (Å²) in [4.78, 5) is 0. The fourth-order valence-electron chi connectivity index (χ4n) is 14.9. The second-order valence-electron chi connectivity index (χ2n) is 24.1. The van der Waals surface area contributed by atoms with Gasteiger partial charge >= 0.3 is 0 Å². The van der Waals surface area contributed by atoms with Gasteiger partial charge in [0.15, 0.2) is 30.9 Å². The summed E-state index contributed by atoms with van der Waals surface area (Å²) in [7, 11) is 0. The first kappa shape index (κ1) is 57.5. The standard InChI is InChI=1S/C51H84O23/c1-20-31-28(74-51(20,65)14-13-48(4,64)19-66-44-38(60)37(59)34(56)29(17-52)70-44)16-27-25-8-7-23-15-24(9-11-49(23,5)26(25)10-12-50(27,31)6)69-47-43(73-46-40(62)36(58)33(55)22(3)68-46)41(63)42(30(18-53)71-47)72-45-39(61)35(57)32(54)21(2)67-45/h7,20-22,24-47,52-65H,8-19H2,1-6H3/t20-,21-,22-,24-,25+,26-,27-,28-,29+,30+,31-,32-,33-,34+,35+,36+,37-,38+,39+,40+,41-,42+,43+,44+,45-,46-,47+,48?,49-,50-,51+/m0/s1. The van der Waals surface area contributed by atoms with Crippen LogP contribution in [-0.4, -0.2) is 238 Å². The highest BCUT2D eigenvalue weighted by Crippen LogP contribution is 2.70. The Kier molecular flexibility index (Phi) is 16.9. The van der Waals surface area contributed by atoms with E-state index in [0.29, 0.717) is 30.6 Å². The van der Waals surface area contributed by atoms with E-state index in [4.69, 9.17) is 42.6 Å². The van der Waals surface area contributed by atoms with Crippen LogP contribution >= 0.6 is 0 Å². The fraction of sp³-hybridized carbons (Fsp3) is 0.961. The van der Waals surface area contributed by atoms with Gasteiger partial charge in [0.25, 0.3) is 0 Å². The first-order chi connectivity index (χ1) is 34.8. The average Bonchev–Trinajstić information content (AvgIpc) is 3.81. The Bertz CT molecular complexity index is 1950. The zero-order valence-electron chi connectivity index (χ0n) is 43.1. The van der Waals surface area contributed by atoms with E-state index < -0.39 is 154 Å². The summed E-state index contributed by atoms with van der Waals surface area (Å²) in [6, 6.07) is 0. The smallest absolute Gasteiger partial charge is 0.187 e. The maximum absolute atomic E-state index is 12.1. The molecule has 1 unspecified atom stereocenters. The minimum Gasteiger partial charge on any atom is -0.394 e. The van der Waals surface area contributed by atoms with Crippen molar-refractivity contribution in [3.05, 3.63) is 11.6 Å². The molecule has 0 radical (unpaired) electrons. The van der Waals surface area contributed by atoms with E-state index in [1.807, 2.05) is 6.92 Å². The maximum Gasteiger partial charge on any atom is 0.187 e. The van der Waals surface area contributed by atoms with Crippen molar-refractivity contribution in [2.45, 2.75) is 246 Å². The van der Waals surface area contributed by atoms with Crippen LogP contribution in [0.2, 0.25) is 0 Å². The van der Waals surface area contributed by atoms with Crippen LogP contribution in [0, 0.1) is 40.4 Å². The van der Waals surface area contributed by atoms with Crippen molar-refractivity contribution >= 4 is 0 Å². The molecule has 9 rings (SSSR count). The van der Waals surface area contributed by atoms with Crippen LogP contribution in [0.4, 0.5) is 0 Å². The molecular weight excluding hydrogens is 981 g/mol. The molecule has 23 nitrogen and oxygen atoms in total. The largest absolute Gasteiger partial charge is 0.394 e. The molecule has 0 bridgehead atoms. The molecule has 5 saturated heterocycles. The van der Waals surface area contributed by atoms with E-state index in [1.54, 1.807) is 0 Å². The van der Waals surface area contributed by atoms with Crippen molar-refractivity contribution in [2.24, 2.45) is 40.4 Å². The van der Waals surface area contributed by atoms with Gasteiger partial charge in [-0.3, -0.25) is 0 Å². The van der Waals surface area contributed by atoms with Crippen molar-refractivity contribution in [1.29, 1.82) is 0 Å². The number of hydrogen-bond donors (Lipinski definition) is 14. The molecule has 0 spiro atoms. The lowest BCUT2D eigenvalue weighted by atomic mass is 9.47. The Hall–Kier alpha value is -1.18. The Morgan fingerprint density at radius 1 is 0.649 bits per heavy atom. The molecule has 9 aliphatic rings. The predicted octanol–water partition coefficient (Wildman–Crippen LogP) is -2.86. The zero-order valence-corrected chi connectivity index (χ0v) is 43.1. The summed E-state index contributed by atoms with van der Waals surface area (Å²) in [5.41, 5.74) is -0.562. The van der Waals surface area contributed by atoms with Gasteiger partial charge in [0.2, 0.25) is 0 Å².